The Balaban J connectivity index is 1.21. The van der Waals surface area contributed by atoms with E-state index in [4.69, 9.17) is 4.74 Å². The van der Waals surface area contributed by atoms with Gasteiger partial charge in [0.2, 0.25) is 17.5 Å². The standard InChI is InChI=1S/C29H35N5O5/c1-15(2)24-26(36)33-10-6-9-22(33)29(38)34(24)27(37)28(3,39-29)31-25(35)17-11-19-18-7-5-8-20-23(18)16(13-30-20)12-21(19)32(4)14-17/h5,7-8,11,13,15,17,21-22,24,30,38H,6,9-10,12,14H2,1-4H3,(H,31,35)/t17-,21-,22+,24+,28-,29+/m1/s1. The Bertz CT molecular complexity index is 1450. The molecule has 39 heavy (non-hydrogen) atoms. The lowest BCUT2D eigenvalue weighted by atomic mass is 9.79. The van der Waals surface area contributed by atoms with Crippen LogP contribution in [-0.4, -0.2) is 92.4 Å². The second kappa shape index (κ2) is 8.16. The number of hydrogen-bond acceptors (Lipinski definition) is 6. The smallest absolute Gasteiger partial charge is 0.280 e. The van der Waals surface area contributed by atoms with Gasteiger partial charge in [0.1, 0.15) is 12.1 Å². The summed E-state index contributed by atoms with van der Waals surface area (Å²) >= 11 is 0. The Morgan fingerprint density at radius 3 is 2.85 bits per heavy atom. The summed E-state index contributed by atoms with van der Waals surface area (Å²) in [5.41, 5.74) is 2.78. The minimum absolute atomic E-state index is 0.156. The third-order valence-corrected chi connectivity index (χ3v) is 9.43. The van der Waals surface area contributed by atoms with E-state index in [2.05, 4.69) is 33.5 Å². The third-order valence-electron chi connectivity index (χ3n) is 9.43. The Morgan fingerprint density at radius 1 is 1.28 bits per heavy atom. The summed E-state index contributed by atoms with van der Waals surface area (Å²) in [5, 5.41) is 15.9. The Morgan fingerprint density at radius 2 is 2.08 bits per heavy atom. The zero-order valence-electron chi connectivity index (χ0n) is 22.7. The number of carbonyl (C=O) groups excluding carboxylic acids is 3. The number of ether oxygens (including phenoxy) is 1. The van der Waals surface area contributed by atoms with E-state index in [1.165, 1.54) is 22.8 Å². The van der Waals surface area contributed by atoms with Crippen LogP contribution in [0, 0.1) is 11.8 Å². The van der Waals surface area contributed by atoms with E-state index in [0.29, 0.717) is 19.5 Å². The molecule has 0 unspecified atom stereocenters. The molecular formula is C29H35N5O5. The summed E-state index contributed by atoms with van der Waals surface area (Å²) in [6.07, 6.45) is 6.19. The van der Waals surface area contributed by atoms with Gasteiger partial charge in [0.05, 0.1) is 5.92 Å². The predicted octanol–water partition coefficient (Wildman–Crippen LogP) is 1.40. The number of carbonyl (C=O) groups is 3. The molecular weight excluding hydrogens is 498 g/mol. The van der Waals surface area contributed by atoms with E-state index in [0.717, 1.165) is 29.5 Å². The summed E-state index contributed by atoms with van der Waals surface area (Å²) in [6.45, 7) is 6.18. The van der Waals surface area contributed by atoms with E-state index in [1.54, 1.807) is 4.90 Å². The number of amides is 3. The first-order chi connectivity index (χ1) is 18.5. The normalized spacial score (nSPS) is 35.8. The molecule has 6 atom stereocenters. The topological polar surface area (TPSA) is 118 Å². The van der Waals surface area contributed by atoms with Gasteiger partial charge in [-0.2, -0.15) is 0 Å². The number of H-pyrrole nitrogens is 1. The third kappa shape index (κ3) is 3.28. The van der Waals surface area contributed by atoms with Crippen molar-refractivity contribution in [3.63, 3.8) is 0 Å². The van der Waals surface area contributed by atoms with E-state index < -0.39 is 35.5 Å². The number of aliphatic hydroxyl groups is 1. The monoisotopic (exact) mass is 533 g/mol. The highest BCUT2D eigenvalue weighted by molar-refractivity contribution is 6.00. The lowest BCUT2D eigenvalue weighted by Crippen LogP contribution is -2.72. The molecule has 10 nitrogen and oxygen atoms in total. The summed E-state index contributed by atoms with van der Waals surface area (Å²) in [7, 11) is 2.02. The molecule has 3 fully saturated rings. The molecule has 7 rings (SSSR count). The highest BCUT2D eigenvalue weighted by Crippen LogP contribution is 2.47. The Labute approximate surface area is 226 Å². The van der Waals surface area contributed by atoms with Gasteiger partial charge in [0.15, 0.2) is 0 Å². The molecule has 0 radical (unpaired) electrons. The fourth-order valence-corrected chi connectivity index (χ4v) is 7.63. The Kier molecular flexibility index (Phi) is 5.19. The lowest BCUT2D eigenvalue weighted by Gasteiger charge is -2.49. The molecule has 0 spiro atoms. The highest BCUT2D eigenvalue weighted by Gasteiger charge is 2.70. The van der Waals surface area contributed by atoms with Gasteiger partial charge in [-0.3, -0.25) is 28.9 Å². The number of benzene rings is 1. The Hall–Kier alpha value is -3.21. The summed E-state index contributed by atoms with van der Waals surface area (Å²) < 4.78 is 6.14. The van der Waals surface area contributed by atoms with Gasteiger partial charge in [0.25, 0.3) is 11.8 Å². The van der Waals surface area contributed by atoms with Crippen LogP contribution in [0.15, 0.2) is 30.5 Å². The van der Waals surface area contributed by atoms with Crippen molar-refractivity contribution >= 4 is 34.2 Å². The van der Waals surface area contributed by atoms with Crippen LogP contribution >= 0.6 is 0 Å². The fourth-order valence-electron chi connectivity index (χ4n) is 7.63. The van der Waals surface area contributed by atoms with Crippen LogP contribution in [0.4, 0.5) is 0 Å². The van der Waals surface area contributed by atoms with Gasteiger partial charge in [-0.1, -0.05) is 32.1 Å². The van der Waals surface area contributed by atoms with Crippen molar-refractivity contribution in [3.05, 3.63) is 41.6 Å². The van der Waals surface area contributed by atoms with Gasteiger partial charge in [-0.15, -0.1) is 0 Å². The van der Waals surface area contributed by atoms with Crippen molar-refractivity contribution in [2.45, 2.75) is 69.8 Å². The van der Waals surface area contributed by atoms with Crippen molar-refractivity contribution < 1.29 is 24.2 Å². The van der Waals surface area contributed by atoms with Gasteiger partial charge >= 0.3 is 0 Å². The van der Waals surface area contributed by atoms with Gasteiger partial charge in [-0.25, -0.2) is 0 Å². The number of fused-ring (bicyclic) bond motifs is 5. The van der Waals surface area contributed by atoms with Crippen LogP contribution in [0.5, 0.6) is 0 Å². The van der Waals surface area contributed by atoms with Gasteiger partial charge in [0, 0.05) is 36.2 Å². The molecule has 1 aliphatic carbocycles. The maximum atomic E-state index is 13.9. The molecule has 10 heteroatoms. The zero-order valence-corrected chi connectivity index (χ0v) is 22.7. The predicted molar refractivity (Wildman–Crippen MR) is 143 cm³/mol. The highest BCUT2D eigenvalue weighted by atomic mass is 16.7. The van der Waals surface area contributed by atoms with Crippen LogP contribution in [0.1, 0.15) is 44.7 Å². The quantitative estimate of drug-likeness (QED) is 0.549. The molecule has 3 saturated heterocycles. The van der Waals surface area contributed by atoms with Gasteiger partial charge < -0.3 is 20.3 Å². The van der Waals surface area contributed by atoms with Crippen molar-refractivity contribution in [1.82, 2.24) is 25.0 Å². The number of rotatable bonds is 3. The van der Waals surface area contributed by atoms with Gasteiger partial charge in [-0.05, 0) is 61.9 Å². The number of piperazine rings is 1. The van der Waals surface area contributed by atoms with Crippen molar-refractivity contribution in [3.8, 4) is 0 Å². The van der Waals surface area contributed by atoms with Crippen LogP contribution in [-0.2, 0) is 25.5 Å². The first kappa shape index (κ1) is 24.8. The molecule has 3 N–H and O–H groups in total. The molecule has 5 heterocycles. The van der Waals surface area contributed by atoms with Crippen molar-refractivity contribution in [2.24, 2.45) is 11.8 Å². The number of nitrogens with one attached hydrogen (secondary N) is 2. The molecule has 1 aromatic heterocycles. The average molecular weight is 534 g/mol. The first-order valence-corrected chi connectivity index (χ1v) is 13.9. The van der Waals surface area contributed by atoms with Crippen LogP contribution in [0.2, 0.25) is 0 Å². The summed E-state index contributed by atoms with van der Waals surface area (Å²) in [6, 6.07) is 4.81. The minimum Gasteiger partial charge on any atom is -0.361 e. The van der Waals surface area contributed by atoms with Crippen molar-refractivity contribution in [2.75, 3.05) is 20.1 Å². The van der Waals surface area contributed by atoms with E-state index in [-0.39, 0.29) is 23.8 Å². The maximum absolute atomic E-state index is 13.9. The maximum Gasteiger partial charge on any atom is 0.280 e. The van der Waals surface area contributed by atoms with Crippen molar-refractivity contribution in [1.29, 1.82) is 0 Å². The zero-order chi connectivity index (χ0) is 27.4. The molecule has 4 aliphatic heterocycles. The van der Waals surface area contributed by atoms with E-state index in [9.17, 15) is 19.5 Å². The second-order valence-corrected chi connectivity index (χ2v) is 12.3. The minimum atomic E-state index is -1.99. The fraction of sp³-hybridized carbons (Fsp3) is 0.552. The van der Waals surface area contributed by atoms with Crippen LogP contribution in [0.25, 0.3) is 16.5 Å². The van der Waals surface area contributed by atoms with Crippen LogP contribution < -0.4 is 5.32 Å². The summed E-state index contributed by atoms with van der Waals surface area (Å²) in [4.78, 5) is 49.4. The number of aromatic nitrogens is 1. The number of hydrogen-bond donors (Lipinski definition) is 3. The number of likely N-dealkylation sites (N-methyl/N-ethyl adjacent to an activating group) is 1. The number of nitrogens with zero attached hydrogens (tertiary/aromatic N) is 3. The first-order valence-electron chi connectivity index (χ1n) is 13.9. The molecule has 1 aromatic carbocycles. The van der Waals surface area contributed by atoms with E-state index in [1.807, 2.05) is 33.0 Å². The molecule has 2 aromatic rings. The molecule has 5 aliphatic rings. The SMILES string of the molecule is CC(C)[C@H]1C(=O)N2CCC[C@H]2[C@]2(O)O[C@@](C)(NC(=O)[C@@H]3C=C4c5cccc6[nH]cc(c56)C[C@H]4N(C)C3)C(=O)N12. The second-order valence-electron chi connectivity index (χ2n) is 12.3. The van der Waals surface area contributed by atoms with E-state index >= 15 is 0 Å². The lowest BCUT2D eigenvalue weighted by molar-refractivity contribution is -0.317. The molecule has 0 saturated carbocycles. The molecule has 0 bridgehead atoms. The molecule has 206 valence electrons. The van der Waals surface area contributed by atoms with Crippen LogP contribution in [0.3, 0.4) is 0 Å². The number of aromatic amines is 1. The average Bonchev–Trinajstić information content (AvgIpc) is 3.59. The summed E-state index contributed by atoms with van der Waals surface area (Å²) in [5.74, 6) is -3.87. The largest absolute Gasteiger partial charge is 0.361 e. The molecule has 3 amide bonds.